The molecule has 0 aliphatic carbocycles. The van der Waals surface area contributed by atoms with Crippen LogP contribution in [0.2, 0.25) is 0 Å². The zero-order valence-corrected chi connectivity index (χ0v) is 9.01. The largest absolute Gasteiger partial charge is 0.504 e. The van der Waals surface area contributed by atoms with Crippen molar-refractivity contribution in [3.63, 3.8) is 0 Å². The van der Waals surface area contributed by atoms with Crippen LogP contribution in [0.15, 0.2) is 18.2 Å². The molecular weight excluding hydrogens is 210 g/mol. The number of benzene rings is 1. The van der Waals surface area contributed by atoms with E-state index < -0.39 is 12.0 Å². The predicted molar refractivity (Wildman–Crippen MR) is 58.0 cm³/mol. The summed E-state index contributed by atoms with van der Waals surface area (Å²) in [5, 5.41) is 18.8. The molecule has 1 atom stereocenters. The molecule has 0 unspecified atom stereocenters. The van der Waals surface area contributed by atoms with E-state index in [-0.39, 0.29) is 24.5 Å². The first-order valence-electron chi connectivity index (χ1n) is 4.98. The summed E-state index contributed by atoms with van der Waals surface area (Å²) in [6, 6.07) is 3.76. The molecule has 1 rings (SSSR count). The molecule has 0 saturated carbocycles. The number of para-hydroxylation sites is 1. The molecule has 1 aromatic carbocycles. The third-order valence-corrected chi connectivity index (χ3v) is 2.14. The Hall–Kier alpha value is -1.75. The lowest BCUT2D eigenvalue weighted by Crippen LogP contribution is -2.17. The minimum absolute atomic E-state index is 0.0369. The van der Waals surface area contributed by atoms with Crippen LogP contribution in [0.5, 0.6) is 11.5 Å². The van der Waals surface area contributed by atoms with Crippen LogP contribution in [-0.4, -0.2) is 22.8 Å². The van der Waals surface area contributed by atoms with Gasteiger partial charge in [0.15, 0.2) is 11.5 Å². The lowest BCUT2D eigenvalue weighted by molar-refractivity contribution is -0.143. The number of carbonyl (C=O) groups excluding carboxylic acids is 1. The van der Waals surface area contributed by atoms with E-state index in [4.69, 9.17) is 10.5 Å². The Morgan fingerprint density at radius 1 is 1.50 bits per heavy atom. The minimum Gasteiger partial charge on any atom is -0.504 e. The van der Waals surface area contributed by atoms with E-state index in [0.717, 1.165) is 0 Å². The summed E-state index contributed by atoms with van der Waals surface area (Å²) in [6.45, 7) is 1.99. The number of nitrogens with two attached hydrogens (primary N) is 1. The molecule has 0 fully saturated rings. The number of phenols is 2. The lowest BCUT2D eigenvalue weighted by atomic mass is 10.0. The van der Waals surface area contributed by atoms with Gasteiger partial charge in [0.25, 0.3) is 0 Å². The normalized spacial score (nSPS) is 12.1. The van der Waals surface area contributed by atoms with Crippen molar-refractivity contribution in [1.82, 2.24) is 0 Å². The van der Waals surface area contributed by atoms with Crippen LogP contribution in [0.4, 0.5) is 0 Å². The first-order chi connectivity index (χ1) is 7.56. The molecule has 0 heterocycles. The second kappa shape index (κ2) is 5.37. The Kier molecular flexibility index (Phi) is 4.13. The molecule has 0 aromatic heterocycles. The Bertz CT molecular complexity index is 378. The van der Waals surface area contributed by atoms with Crippen molar-refractivity contribution in [2.24, 2.45) is 5.73 Å². The summed E-state index contributed by atoms with van der Waals surface area (Å²) in [5.74, 6) is -0.978. The van der Waals surface area contributed by atoms with Gasteiger partial charge in [-0.1, -0.05) is 12.1 Å². The van der Waals surface area contributed by atoms with Gasteiger partial charge >= 0.3 is 5.97 Å². The van der Waals surface area contributed by atoms with Crippen molar-refractivity contribution in [3.8, 4) is 11.5 Å². The van der Waals surface area contributed by atoms with Crippen LogP contribution >= 0.6 is 0 Å². The molecule has 0 bridgehead atoms. The van der Waals surface area contributed by atoms with Gasteiger partial charge in [0, 0.05) is 11.6 Å². The van der Waals surface area contributed by atoms with E-state index in [1.807, 2.05) is 0 Å². The van der Waals surface area contributed by atoms with Crippen molar-refractivity contribution < 1.29 is 19.7 Å². The van der Waals surface area contributed by atoms with Crippen molar-refractivity contribution in [3.05, 3.63) is 23.8 Å². The fourth-order valence-electron chi connectivity index (χ4n) is 1.36. The molecule has 0 aliphatic rings. The zero-order valence-electron chi connectivity index (χ0n) is 9.01. The van der Waals surface area contributed by atoms with Crippen LogP contribution in [0.25, 0.3) is 0 Å². The summed E-state index contributed by atoms with van der Waals surface area (Å²) in [7, 11) is 0. The molecule has 0 aliphatic heterocycles. The van der Waals surface area contributed by atoms with Crippen molar-refractivity contribution in [1.29, 1.82) is 0 Å². The third-order valence-electron chi connectivity index (χ3n) is 2.14. The molecule has 88 valence electrons. The molecule has 0 amide bonds. The lowest BCUT2D eigenvalue weighted by Gasteiger charge is -2.13. The Labute approximate surface area is 93.5 Å². The fraction of sp³-hybridized carbons (Fsp3) is 0.364. The molecule has 0 saturated heterocycles. The first kappa shape index (κ1) is 12.3. The summed E-state index contributed by atoms with van der Waals surface area (Å²) in [4.78, 5) is 11.2. The Morgan fingerprint density at radius 3 is 2.81 bits per heavy atom. The average Bonchev–Trinajstić information content (AvgIpc) is 2.22. The molecule has 1 aromatic rings. The van der Waals surface area contributed by atoms with E-state index in [9.17, 15) is 15.0 Å². The zero-order chi connectivity index (χ0) is 12.1. The van der Waals surface area contributed by atoms with Crippen LogP contribution in [0.1, 0.15) is 24.9 Å². The van der Waals surface area contributed by atoms with E-state index in [2.05, 4.69) is 0 Å². The monoisotopic (exact) mass is 225 g/mol. The molecule has 4 N–H and O–H groups in total. The number of rotatable bonds is 4. The number of hydrogen-bond acceptors (Lipinski definition) is 5. The molecule has 16 heavy (non-hydrogen) atoms. The van der Waals surface area contributed by atoms with Gasteiger partial charge in [-0.05, 0) is 13.0 Å². The third kappa shape index (κ3) is 2.87. The second-order valence-electron chi connectivity index (χ2n) is 3.33. The highest BCUT2D eigenvalue weighted by Gasteiger charge is 2.17. The van der Waals surface area contributed by atoms with Gasteiger partial charge in [-0.15, -0.1) is 0 Å². The number of phenolic OH excluding ortho intramolecular Hbond substituents is 2. The molecular formula is C11H15NO4. The summed E-state index contributed by atoms with van der Waals surface area (Å²) >= 11 is 0. The minimum atomic E-state index is -0.689. The second-order valence-corrected chi connectivity index (χ2v) is 3.33. The molecule has 0 radical (unpaired) electrons. The highest BCUT2D eigenvalue weighted by atomic mass is 16.5. The van der Waals surface area contributed by atoms with Crippen LogP contribution < -0.4 is 5.73 Å². The fourth-order valence-corrected chi connectivity index (χ4v) is 1.36. The summed E-state index contributed by atoms with van der Waals surface area (Å²) in [6.07, 6.45) is -0.0369. The Morgan fingerprint density at radius 2 is 2.19 bits per heavy atom. The molecule has 5 heteroatoms. The van der Waals surface area contributed by atoms with Gasteiger partial charge in [-0.25, -0.2) is 0 Å². The van der Waals surface area contributed by atoms with E-state index >= 15 is 0 Å². The molecule has 0 spiro atoms. The smallest absolute Gasteiger partial charge is 0.307 e. The quantitative estimate of drug-likeness (QED) is 0.526. The van der Waals surface area contributed by atoms with Gasteiger partial charge in [0.1, 0.15) is 0 Å². The van der Waals surface area contributed by atoms with Crippen LogP contribution in [0.3, 0.4) is 0 Å². The number of carbonyl (C=O) groups is 1. The van der Waals surface area contributed by atoms with E-state index in [0.29, 0.717) is 5.56 Å². The highest BCUT2D eigenvalue weighted by molar-refractivity contribution is 5.70. The van der Waals surface area contributed by atoms with Crippen molar-refractivity contribution >= 4 is 5.97 Å². The van der Waals surface area contributed by atoms with E-state index in [1.165, 1.54) is 6.07 Å². The van der Waals surface area contributed by atoms with Crippen LogP contribution in [0, 0.1) is 0 Å². The number of hydrogen-bond donors (Lipinski definition) is 3. The number of ether oxygens (including phenoxy) is 1. The van der Waals surface area contributed by atoms with Crippen molar-refractivity contribution in [2.75, 3.05) is 6.61 Å². The maximum atomic E-state index is 11.2. The SMILES string of the molecule is CCOC(=O)C[C@@H](N)c1cccc(O)c1O. The molecule has 5 nitrogen and oxygen atoms in total. The van der Waals surface area contributed by atoms with Gasteiger partial charge in [0.05, 0.1) is 13.0 Å². The maximum absolute atomic E-state index is 11.2. The van der Waals surface area contributed by atoms with Crippen molar-refractivity contribution in [2.45, 2.75) is 19.4 Å². The number of esters is 1. The topological polar surface area (TPSA) is 92.8 Å². The number of aromatic hydroxyl groups is 2. The highest BCUT2D eigenvalue weighted by Crippen LogP contribution is 2.32. The van der Waals surface area contributed by atoms with Crippen LogP contribution in [-0.2, 0) is 9.53 Å². The standard InChI is InChI=1S/C11H15NO4/c1-2-16-10(14)6-8(12)7-4-3-5-9(13)11(7)15/h3-5,8,13,15H,2,6,12H2,1H3/t8-/m1/s1. The summed E-state index contributed by atoms with van der Waals surface area (Å²) < 4.78 is 4.74. The van der Waals surface area contributed by atoms with Gasteiger partial charge in [0.2, 0.25) is 0 Å². The maximum Gasteiger partial charge on any atom is 0.307 e. The first-order valence-corrected chi connectivity index (χ1v) is 4.98. The van der Waals surface area contributed by atoms with E-state index in [1.54, 1.807) is 19.1 Å². The van der Waals surface area contributed by atoms with Gasteiger partial charge < -0.3 is 20.7 Å². The predicted octanol–water partition coefficient (Wildman–Crippen LogP) is 1.05. The average molecular weight is 225 g/mol. The van der Waals surface area contributed by atoms with Gasteiger partial charge in [-0.2, -0.15) is 0 Å². The van der Waals surface area contributed by atoms with Gasteiger partial charge in [-0.3, -0.25) is 4.79 Å². The Balaban J connectivity index is 2.76. The summed E-state index contributed by atoms with van der Waals surface area (Å²) in [5.41, 5.74) is 6.05.